The van der Waals surface area contributed by atoms with E-state index in [9.17, 15) is 25.0 Å². The van der Waals surface area contributed by atoms with Crippen LogP contribution >= 0.6 is 0 Å². The molecule has 0 atom stereocenters. The van der Waals surface area contributed by atoms with Crippen LogP contribution in [0.1, 0.15) is 28.4 Å². The third-order valence-electron chi connectivity index (χ3n) is 5.83. The van der Waals surface area contributed by atoms with Gasteiger partial charge in [0.25, 0.3) is 5.91 Å². The fraction of sp³-hybridized carbons (Fsp3) is 0.194. The number of nitro groups is 1. The van der Waals surface area contributed by atoms with E-state index in [4.69, 9.17) is 23.7 Å². The van der Waals surface area contributed by atoms with Crippen LogP contribution in [0.2, 0.25) is 0 Å². The Hall–Kier alpha value is -6.23. The average Bonchev–Trinajstić information content (AvgIpc) is 3.03. The molecule has 0 spiro atoms. The van der Waals surface area contributed by atoms with Crippen LogP contribution in [0.3, 0.4) is 0 Å². The minimum atomic E-state index is -0.848. The van der Waals surface area contributed by atoms with E-state index in [-0.39, 0.29) is 47.5 Å². The van der Waals surface area contributed by atoms with Gasteiger partial charge in [-0.05, 0) is 42.8 Å². The molecule has 45 heavy (non-hydrogen) atoms. The van der Waals surface area contributed by atoms with Gasteiger partial charge in [0.2, 0.25) is 0 Å². The quantitative estimate of drug-likeness (QED) is 0.111. The van der Waals surface area contributed by atoms with Crippen molar-refractivity contribution in [1.29, 1.82) is 5.26 Å². The van der Waals surface area contributed by atoms with Gasteiger partial charge in [-0.1, -0.05) is 36.4 Å². The second-order valence-corrected chi connectivity index (χ2v) is 9.30. The number of aromatic nitrogens is 2. The van der Waals surface area contributed by atoms with Crippen LogP contribution in [0.25, 0.3) is 0 Å². The predicted molar refractivity (Wildman–Crippen MR) is 157 cm³/mol. The zero-order valence-corrected chi connectivity index (χ0v) is 24.5. The van der Waals surface area contributed by atoms with Crippen LogP contribution in [-0.2, 0) is 16.1 Å². The molecule has 0 aliphatic rings. The molecule has 0 saturated heterocycles. The van der Waals surface area contributed by atoms with Crippen molar-refractivity contribution in [3.05, 3.63) is 99.6 Å². The zero-order valence-electron chi connectivity index (χ0n) is 24.5. The van der Waals surface area contributed by atoms with Crippen LogP contribution in [-0.4, -0.2) is 59.0 Å². The number of carbonyl (C=O) groups excluding carboxylic acids is 2. The summed E-state index contributed by atoms with van der Waals surface area (Å²) < 4.78 is 27.8. The molecule has 0 unspecified atom stereocenters. The van der Waals surface area contributed by atoms with E-state index in [2.05, 4.69) is 9.97 Å². The van der Waals surface area contributed by atoms with Gasteiger partial charge in [0.05, 0.1) is 23.2 Å². The van der Waals surface area contributed by atoms with Crippen LogP contribution in [0, 0.1) is 21.4 Å². The summed E-state index contributed by atoms with van der Waals surface area (Å²) in [6.07, 6.45) is 0. The lowest BCUT2D eigenvalue weighted by Crippen LogP contribution is -2.21. The molecule has 0 fully saturated rings. The second-order valence-electron chi connectivity index (χ2n) is 9.30. The molecule has 1 amide bonds. The number of esters is 1. The van der Waals surface area contributed by atoms with Crippen molar-refractivity contribution in [2.75, 3.05) is 27.3 Å². The maximum Gasteiger partial charge on any atom is 0.392 e. The number of benzene rings is 3. The topological polar surface area (TPSA) is 176 Å². The molecule has 14 nitrogen and oxygen atoms in total. The van der Waals surface area contributed by atoms with Gasteiger partial charge in [0, 0.05) is 25.7 Å². The average molecular weight is 614 g/mol. The summed E-state index contributed by atoms with van der Waals surface area (Å²) in [5, 5.41) is 21.7. The first-order valence-electron chi connectivity index (χ1n) is 13.4. The molecule has 0 radical (unpaired) electrons. The largest absolute Gasteiger partial charge is 0.485 e. The van der Waals surface area contributed by atoms with Crippen molar-refractivity contribution in [1.82, 2.24) is 14.9 Å². The highest BCUT2D eigenvalue weighted by Gasteiger charge is 2.31. The highest BCUT2D eigenvalue weighted by molar-refractivity contribution is 5.94. The molecule has 4 rings (SSSR count). The number of nitriles is 1. The molecule has 1 aromatic heterocycles. The minimum absolute atomic E-state index is 0.0136. The Morgan fingerprint density at radius 2 is 1.69 bits per heavy atom. The van der Waals surface area contributed by atoms with E-state index in [1.807, 2.05) is 36.4 Å². The van der Waals surface area contributed by atoms with Gasteiger partial charge < -0.3 is 28.6 Å². The van der Waals surface area contributed by atoms with Crippen LogP contribution in [0.5, 0.6) is 35.0 Å². The molecule has 0 aliphatic carbocycles. The van der Waals surface area contributed by atoms with E-state index in [0.29, 0.717) is 0 Å². The maximum atomic E-state index is 12.5. The first-order valence-corrected chi connectivity index (χ1v) is 13.4. The predicted octanol–water partition coefficient (Wildman–Crippen LogP) is 5.06. The SMILES string of the molecule is CCOC(=O)COc1nc(Oc2cc(C#N)ccc2OCc2ccccc2)nc(Oc2cccc(C(=O)N(C)C)c2)c1[N+](=O)[O-]. The summed E-state index contributed by atoms with van der Waals surface area (Å²) in [6, 6.07) is 21.1. The molecule has 0 aliphatic heterocycles. The van der Waals surface area contributed by atoms with Crippen molar-refractivity contribution in [3.63, 3.8) is 0 Å². The molecule has 230 valence electrons. The van der Waals surface area contributed by atoms with E-state index in [0.717, 1.165) is 5.56 Å². The molecule has 14 heteroatoms. The van der Waals surface area contributed by atoms with Gasteiger partial charge in [-0.2, -0.15) is 15.2 Å². The molecule has 3 aromatic carbocycles. The lowest BCUT2D eigenvalue weighted by molar-refractivity contribution is -0.387. The number of carbonyl (C=O) groups is 2. The van der Waals surface area contributed by atoms with Gasteiger partial charge in [-0.3, -0.25) is 14.9 Å². The van der Waals surface area contributed by atoms with E-state index in [1.54, 1.807) is 27.1 Å². The Kier molecular flexibility index (Phi) is 10.4. The van der Waals surface area contributed by atoms with Gasteiger partial charge >= 0.3 is 29.4 Å². The van der Waals surface area contributed by atoms with Crippen LogP contribution in [0.4, 0.5) is 5.69 Å². The van der Waals surface area contributed by atoms with Crippen molar-refractivity contribution in [3.8, 4) is 41.1 Å². The lowest BCUT2D eigenvalue weighted by atomic mass is 10.2. The van der Waals surface area contributed by atoms with Crippen molar-refractivity contribution >= 4 is 17.6 Å². The minimum Gasteiger partial charge on any atom is -0.485 e. The maximum absolute atomic E-state index is 12.5. The number of hydrogen-bond donors (Lipinski definition) is 0. The monoisotopic (exact) mass is 613 g/mol. The van der Waals surface area contributed by atoms with Crippen molar-refractivity contribution in [2.45, 2.75) is 13.5 Å². The Morgan fingerprint density at radius 1 is 0.933 bits per heavy atom. The van der Waals surface area contributed by atoms with Gasteiger partial charge in [0.1, 0.15) is 12.4 Å². The Labute approximate surface area is 257 Å². The Balaban J connectivity index is 1.76. The van der Waals surface area contributed by atoms with Gasteiger partial charge in [-0.25, -0.2) is 4.79 Å². The Morgan fingerprint density at radius 3 is 2.38 bits per heavy atom. The summed E-state index contributed by atoms with van der Waals surface area (Å²) in [5.74, 6) is -2.14. The number of hydrogen-bond acceptors (Lipinski definition) is 12. The number of nitrogens with zero attached hydrogens (tertiary/aromatic N) is 5. The van der Waals surface area contributed by atoms with E-state index in [1.165, 1.54) is 41.3 Å². The molecule has 0 bridgehead atoms. The lowest BCUT2D eigenvalue weighted by Gasteiger charge is -2.14. The Bertz CT molecular complexity index is 1740. The smallest absolute Gasteiger partial charge is 0.392 e. The van der Waals surface area contributed by atoms with Gasteiger partial charge in [0.15, 0.2) is 18.1 Å². The molecule has 0 N–H and O–H groups in total. The van der Waals surface area contributed by atoms with Crippen molar-refractivity contribution < 1.29 is 38.2 Å². The highest BCUT2D eigenvalue weighted by Crippen LogP contribution is 2.40. The standard InChI is InChI=1S/C31H27N5O9/c1-4-41-26(37)19-43-28-27(36(39)40)29(44-23-12-8-11-22(16-23)30(38)35(2)3)34-31(33-28)45-25-15-21(17-32)13-14-24(25)42-18-20-9-6-5-7-10-20/h5-16H,4,18-19H2,1-3H3. The zero-order chi connectivity index (χ0) is 32.3. The molecular weight excluding hydrogens is 586 g/mol. The van der Waals surface area contributed by atoms with Crippen LogP contribution < -0.4 is 18.9 Å². The third-order valence-corrected chi connectivity index (χ3v) is 5.83. The van der Waals surface area contributed by atoms with E-state index < -0.39 is 41.0 Å². The molecule has 0 saturated carbocycles. The van der Waals surface area contributed by atoms with E-state index >= 15 is 0 Å². The fourth-order valence-electron chi connectivity index (χ4n) is 3.77. The van der Waals surface area contributed by atoms with Crippen LogP contribution in [0.15, 0.2) is 72.8 Å². The summed E-state index contributed by atoms with van der Waals surface area (Å²) in [5.41, 5.74) is 0.511. The molecule has 4 aromatic rings. The summed E-state index contributed by atoms with van der Waals surface area (Å²) in [4.78, 5) is 45.3. The molecular formula is C31H27N5O9. The normalized spacial score (nSPS) is 10.3. The molecule has 1 heterocycles. The first-order chi connectivity index (χ1) is 21.7. The third kappa shape index (κ3) is 8.42. The second kappa shape index (κ2) is 14.8. The summed E-state index contributed by atoms with van der Waals surface area (Å²) >= 11 is 0. The summed E-state index contributed by atoms with van der Waals surface area (Å²) in [7, 11) is 3.14. The first kappa shape index (κ1) is 31.7. The van der Waals surface area contributed by atoms with Gasteiger partial charge in [-0.15, -0.1) is 0 Å². The number of ether oxygens (including phenoxy) is 5. The summed E-state index contributed by atoms with van der Waals surface area (Å²) in [6.45, 7) is 1.09. The number of rotatable bonds is 13. The number of amides is 1. The highest BCUT2D eigenvalue weighted by atomic mass is 16.6. The van der Waals surface area contributed by atoms with Crippen molar-refractivity contribution in [2.24, 2.45) is 0 Å². The fourth-order valence-corrected chi connectivity index (χ4v) is 3.77.